The Morgan fingerprint density at radius 1 is 1.56 bits per heavy atom. The third kappa shape index (κ3) is 3.25. The molecule has 1 aromatic carbocycles. The van der Waals surface area contributed by atoms with Crippen molar-refractivity contribution in [1.82, 2.24) is 0 Å². The van der Waals surface area contributed by atoms with E-state index in [4.69, 9.17) is 10.3 Å². The molecule has 0 aliphatic heterocycles. The Kier molecular flexibility index (Phi) is 4.82. The number of alkyl halides is 1. The van der Waals surface area contributed by atoms with E-state index in [-0.39, 0.29) is 5.97 Å². The lowest BCUT2D eigenvalue weighted by Gasteiger charge is -2.08. The number of hydrogen-bond donors (Lipinski definition) is 0. The smallest absolute Gasteiger partial charge is 0.324 e. The van der Waals surface area contributed by atoms with Gasteiger partial charge in [0.05, 0.1) is 6.61 Å². The molecule has 84 valence electrons. The summed E-state index contributed by atoms with van der Waals surface area (Å²) in [4.78, 5) is 13.6. The maximum absolute atomic E-state index is 11.4. The summed E-state index contributed by atoms with van der Waals surface area (Å²) in [7, 11) is 0. The first kappa shape index (κ1) is 12.5. The second-order valence-corrected chi connectivity index (χ2v) is 3.81. The molecule has 0 spiro atoms. The van der Waals surface area contributed by atoms with Crippen molar-refractivity contribution in [3.8, 4) is 0 Å². The minimum Gasteiger partial charge on any atom is -0.465 e. The Morgan fingerprint density at radius 2 is 2.19 bits per heavy atom. The summed E-state index contributed by atoms with van der Waals surface area (Å²) in [6.45, 7) is 2.10. The zero-order valence-corrected chi connectivity index (χ0v) is 10.2. The summed E-state index contributed by atoms with van der Waals surface area (Å²) in [6.07, 6.45) is 0. The van der Waals surface area contributed by atoms with Gasteiger partial charge in [-0.25, -0.2) is 0 Å². The Morgan fingerprint density at radius 3 is 2.69 bits per heavy atom. The molecule has 0 N–H and O–H groups in total. The monoisotopic (exact) mass is 283 g/mol. The highest BCUT2D eigenvalue weighted by atomic mass is 79.9. The predicted molar refractivity (Wildman–Crippen MR) is 63.5 cm³/mol. The molecule has 6 heteroatoms. The fraction of sp³-hybridized carbons (Fsp3) is 0.300. The fourth-order valence-corrected chi connectivity index (χ4v) is 1.55. The molecule has 0 radical (unpaired) electrons. The van der Waals surface area contributed by atoms with Crippen LogP contribution in [0, 0.1) is 0 Å². The largest absolute Gasteiger partial charge is 0.465 e. The Hall–Kier alpha value is -1.52. The van der Waals surface area contributed by atoms with Crippen molar-refractivity contribution in [3.63, 3.8) is 0 Å². The third-order valence-corrected chi connectivity index (χ3v) is 2.74. The first-order chi connectivity index (χ1) is 7.69. The molecule has 0 bridgehead atoms. The second kappa shape index (κ2) is 6.15. The van der Waals surface area contributed by atoms with Crippen LogP contribution < -0.4 is 0 Å². The first-order valence-corrected chi connectivity index (χ1v) is 5.56. The number of azide groups is 1. The van der Waals surface area contributed by atoms with Crippen molar-refractivity contribution >= 4 is 27.6 Å². The van der Waals surface area contributed by atoms with Gasteiger partial charge in [-0.3, -0.25) is 4.79 Å². The number of halogens is 1. The lowest BCUT2D eigenvalue weighted by Crippen LogP contribution is -2.10. The summed E-state index contributed by atoms with van der Waals surface area (Å²) in [5.74, 6) is -0.334. The van der Waals surface area contributed by atoms with Crippen molar-refractivity contribution in [2.75, 3.05) is 6.61 Å². The van der Waals surface area contributed by atoms with Gasteiger partial charge in [0.1, 0.15) is 4.83 Å². The van der Waals surface area contributed by atoms with Gasteiger partial charge in [-0.2, -0.15) is 0 Å². The minimum atomic E-state index is -0.493. The lowest BCUT2D eigenvalue weighted by atomic mass is 10.1. The normalized spacial score (nSPS) is 11.4. The average Bonchev–Trinajstić information content (AvgIpc) is 2.30. The van der Waals surface area contributed by atoms with Crippen molar-refractivity contribution in [1.29, 1.82) is 0 Å². The van der Waals surface area contributed by atoms with Crippen LogP contribution in [-0.2, 0) is 9.53 Å². The molecule has 1 aromatic rings. The van der Waals surface area contributed by atoms with Gasteiger partial charge in [0, 0.05) is 10.6 Å². The number of carbonyl (C=O) groups is 1. The molecular formula is C10H10BrN3O2. The molecule has 0 amide bonds. The number of hydrogen-bond acceptors (Lipinski definition) is 3. The molecule has 16 heavy (non-hydrogen) atoms. The second-order valence-electron chi connectivity index (χ2n) is 2.90. The lowest BCUT2D eigenvalue weighted by molar-refractivity contribution is -0.142. The van der Waals surface area contributed by atoms with E-state index in [9.17, 15) is 4.79 Å². The number of rotatable bonds is 4. The summed E-state index contributed by atoms with van der Waals surface area (Å²) < 4.78 is 4.87. The van der Waals surface area contributed by atoms with Crippen LogP contribution in [0.5, 0.6) is 0 Å². The highest BCUT2D eigenvalue weighted by Gasteiger charge is 2.17. The molecule has 1 atom stereocenters. The van der Waals surface area contributed by atoms with Crippen LogP contribution in [0.15, 0.2) is 29.4 Å². The Balaban J connectivity index is 2.80. The van der Waals surface area contributed by atoms with Crippen LogP contribution in [0.25, 0.3) is 10.4 Å². The van der Waals surface area contributed by atoms with Gasteiger partial charge in [0.25, 0.3) is 0 Å². The van der Waals surface area contributed by atoms with Crippen LogP contribution in [0.1, 0.15) is 17.3 Å². The SMILES string of the molecule is CCOC(=O)C(Br)c1ccc(N=[N+]=[N-])cc1. The zero-order chi connectivity index (χ0) is 12.0. The van der Waals surface area contributed by atoms with Crippen LogP contribution in [0.2, 0.25) is 0 Å². The van der Waals surface area contributed by atoms with Crippen LogP contribution in [0.4, 0.5) is 5.69 Å². The van der Waals surface area contributed by atoms with Crippen molar-refractivity contribution in [3.05, 3.63) is 40.3 Å². The van der Waals surface area contributed by atoms with Gasteiger partial charge in [0.2, 0.25) is 0 Å². The number of carbonyl (C=O) groups excluding carboxylic acids is 1. The van der Waals surface area contributed by atoms with Gasteiger partial charge < -0.3 is 4.74 Å². The van der Waals surface area contributed by atoms with Crippen LogP contribution in [0.3, 0.4) is 0 Å². The Labute approximate surface area is 101 Å². The summed E-state index contributed by atoms with van der Waals surface area (Å²) in [6, 6.07) is 6.70. The molecule has 0 aliphatic rings. The van der Waals surface area contributed by atoms with E-state index in [0.717, 1.165) is 5.56 Å². The summed E-state index contributed by atoms with van der Waals surface area (Å²) in [5.41, 5.74) is 9.50. The van der Waals surface area contributed by atoms with E-state index in [1.165, 1.54) is 0 Å². The molecule has 0 aromatic heterocycles. The average molecular weight is 284 g/mol. The first-order valence-electron chi connectivity index (χ1n) is 4.64. The van der Waals surface area contributed by atoms with Crippen molar-refractivity contribution in [2.45, 2.75) is 11.8 Å². The highest BCUT2D eigenvalue weighted by Crippen LogP contribution is 2.26. The molecule has 0 fully saturated rings. The van der Waals surface area contributed by atoms with Crippen LogP contribution in [-0.4, -0.2) is 12.6 Å². The number of ether oxygens (including phenoxy) is 1. The quantitative estimate of drug-likeness (QED) is 0.278. The molecule has 1 rings (SSSR count). The molecule has 0 aliphatic carbocycles. The van der Waals surface area contributed by atoms with Gasteiger partial charge in [-0.1, -0.05) is 45.3 Å². The van der Waals surface area contributed by atoms with Crippen molar-refractivity contribution in [2.24, 2.45) is 5.11 Å². The summed E-state index contributed by atoms with van der Waals surface area (Å²) in [5, 5.41) is 3.44. The van der Waals surface area contributed by atoms with E-state index in [0.29, 0.717) is 12.3 Å². The molecule has 0 saturated carbocycles. The number of esters is 1. The minimum absolute atomic E-state index is 0.334. The topological polar surface area (TPSA) is 75.1 Å². The van der Waals surface area contributed by atoms with Crippen LogP contribution >= 0.6 is 15.9 Å². The van der Waals surface area contributed by atoms with E-state index < -0.39 is 4.83 Å². The number of benzene rings is 1. The van der Waals surface area contributed by atoms with Gasteiger partial charge in [0.15, 0.2) is 0 Å². The van der Waals surface area contributed by atoms with E-state index in [2.05, 4.69) is 26.0 Å². The predicted octanol–water partition coefficient (Wildman–Crippen LogP) is 3.63. The van der Waals surface area contributed by atoms with Gasteiger partial charge >= 0.3 is 5.97 Å². The van der Waals surface area contributed by atoms with E-state index in [1.807, 2.05) is 0 Å². The molecule has 0 heterocycles. The van der Waals surface area contributed by atoms with E-state index in [1.54, 1.807) is 31.2 Å². The highest BCUT2D eigenvalue weighted by molar-refractivity contribution is 9.09. The van der Waals surface area contributed by atoms with E-state index >= 15 is 0 Å². The Bertz CT molecular complexity index is 413. The third-order valence-electron chi connectivity index (χ3n) is 1.84. The molecular weight excluding hydrogens is 274 g/mol. The number of nitrogens with zero attached hydrogens (tertiary/aromatic N) is 3. The van der Waals surface area contributed by atoms with Gasteiger partial charge in [-0.05, 0) is 18.0 Å². The molecule has 5 nitrogen and oxygen atoms in total. The maximum atomic E-state index is 11.4. The van der Waals surface area contributed by atoms with Crippen molar-refractivity contribution < 1.29 is 9.53 Å². The standard InChI is InChI=1S/C10H10BrN3O2/c1-2-16-10(15)9(11)7-3-5-8(6-4-7)13-14-12/h3-6,9H,2H2,1H3. The van der Waals surface area contributed by atoms with Gasteiger partial charge in [-0.15, -0.1) is 0 Å². The fourth-order valence-electron chi connectivity index (χ4n) is 1.11. The summed E-state index contributed by atoms with van der Waals surface area (Å²) >= 11 is 3.24. The zero-order valence-electron chi connectivity index (χ0n) is 8.63. The maximum Gasteiger partial charge on any atom is 0.324 e. The molecule has 0 saturated heterocycles. The molecule has 1 unspecified atom stereocenters.